The first-order chi connectivity index (χ1) is 10.1. The molecule has 0 heterocycles. The van der Waals surface area contributed by atoms with E-state index >= 15 is 0 Å². The van der Waals surface area contributed by atoms with E-state index in [1.807, 2.05) is 6.07 Å². The van der Waals surface area contributed by atoms with Gasteiger partial charge in [-0.1, -0.05) is 36.4 Å². The fourth-order valence-electron chi connectivity index (χ4n) is 1.97. The van der Waals surface area contributed by atoms with E-state index in [9.17, 15) is 18.7 Å². The van der Waals surface area contributed by atoms with Crippen molar-refractivity contribution in [2.24, 2.45) is 0 Å². The second-order valence-corrected chi connectivity index (χ2v) is 4.57. The summed E-state index contributed by atoms with van der Waals surface area (Å²) in [6.07, 6.45) is -0.483. The zero-order chi connectivity index (χ0) is 15.2. The van der Waals surface area contributed by atoms with Crippen molar-refractivity contribution in [2.75, 3.05) is 6.54 Å². The Morgan fingerprint density at radius 3 is 2.29 bits per heavy atom. The summed E-state index contributed by atoms with van der Waals surface area (Å²) >= 11 is 0. The average molecular weight is 291 g/mol. The topological polar surface area (TPSA) is 49.3 Å². The summed E-state index contributed by atoms with van der Waals surface area (Å²) in [4.78, 5) is 11.7. The number of benzene rings is 2. The van der Waals surface area contributed by atoms with Gasteiger partial charge in [0.05, 0.1) is 6.10 Å². The first-order valence-electron chi connectivity index (χ1n) is 6.55. The lowest BCUT2D eigenvalue weighted by molar-refractivity contribution is 0.0934. The van der Waals surface area contributed by atoms with Crippen molar-refractivity contribution in [2.45, 2.75) is 12.5 Å². The zero-order valence-corrected chi connectivity index (χ0v) is 11.2. The van der Waals surface area contributed by atoms with Gasteiger partial charge in [-0.3, -0.25) is 4.79 Å². The Bertz CT molecular complexity index is 597. The highest BCUT2D eigenvalue weighted by Crippen LogP contribution is 2.15. The highest BCUT2D eigenvalue weighted by molar-refractivity contribution is 5.94. The van der Waals surface area contributed by atoms with E-state index in [0.717, 1.165) is 17.7 Å². The molecule has 2 rings (SSSR count). The van der Waals surface area contributed by atoms with Crippen molar-refractivity contribution in [3.8, 4) is 0 Å². The number of carbonyl (C=O) groups excluding carboxylic acids is 1. The monoisotopic (exact) mass is 291 g/mol. The minimum atomic E-state index is -0.906. The van der Waals surface area contributed by atoms with Gasteiger partial charge in [-0.2, -0.15) is 0 Å². The van der Waals surface area contributed by atoms with E-state index in [4.69, 9.17) is 0 Å². The van der Waals surface area contributed by atoms with Crippen LogP contribution in [-0.4, -0.2) is 17.6 Å². The molecular weight excluding hydrogens is 276 g/mol. The molecule has 2 aromatic carbocycles. The molecule has 0 aliphatic heterocycles. The van der Waals surface area contributed by atoms with Crippen LogP contribution in [0.15, 0.2) is 48.5 Å². The van der Waals surface area contributed by atoms with E-state index in [-0.39, 0.29) is 13.0 Å². The Morgan fingerprint density at radius 2 is 1.67 bits per heavy atom. The number of hydrogen-bond donors (Lipinski definition) is 2. The molecule has 0 fully saturated rings. The summed E-state index contributed by atoms with van der Waals surface area (Å²) in [6, 6.07) is 12.2. The maximum atomic E-state index is 13.4. The number of halogens is 2. The Morgan fingerprint density at radius 1 is 1.05 bits per heavy atom. The van der Waals surface area contributed by atoms with E-state index < -0.39 is 29.2 Å². The van der Waals surface area contributed by atoms with Crippen molar-refractivity contribution in [3.05, 3.63) is 71.3 Å². The molecule has 5 heteroatoms. The Labute approximate surface area is 121 Å². The summed E-state index contributed by atoms with van der Waals surface area (Å²) in [5.41, 5.74) is 0.121. The van der Waals surface area contributed by atoms with Gasteiger partial charge in [0.1, 0.15) is 17.2 Å². The molecular formula is C16H15F2NO2. The maximum absolute atomic E-state index is 13.4. The standard InChI is InChI=1S/C16H15F2NO2/c17-12-7-4-8-13(18)15(12)16(21)19-10-9-14(20)11-5-2-1-3-6-11/h1-8,14,20H,9-10H2,(H,19,21)/t14-/m1/s1. The number of rotatable bonds is 5. The van der Waals surface area contributed by atoms with Crippen LogP contribution in [0, 0.1) is 11.6 Å². The highest BCUT2D eigenvalue weighted by Gasteiger charge is 2.17. The Kier molecular flexibility index (Phi) is 5.00. The lowest BCUT2D eigenvalue weighted by Crippen LogP contribution is -2.27. The Balaban J connectivity index is 1.90. The van der Waals surface area contributed by atoms with Crippen LogP contribution in [0.4, 0.5) is 8.78 Å². The minimum absolute atomic E-state index is 0.114. The number of hydrogen-bond acceptors (Lipinski definition) is 2. The molecule has 0 aliphatic carbocycles. The van der Waals surface area contributed by atoms with Gasteiger partial charge < -0.3 is 10.4 Å². The lowest BCUT2D eigenvalue weighted by atomic mass is 10.1. The van der Waals surface area contributed by atoms with Gasteiger partial charge in [-0.05, 0) is 24.1 Å². The van der Waals surface area contributed by atoms with Crippen LogP contribution < -0.4 is 5.32 Å². The number of nitrogens with one attached hydrogen (secondary N) is 1. The SMILES string of the molecule is O=C(NCC[C@@H](O)c1ccccc1)c1c(F)cccc1F. The molecule has 0 unspecified atom stereocenters. The van der Waals surface area contributed by atoms with Gasteiger partial charge >= 0.3 is 0 Å². The third-order valence-corrected chi connectivity index (χ3v) is 3.08. The van der Waals surface area contributed by atoms with Gasteiger partial charge in [-0.25, -0.2) is 8.78 Å². The number of amides is 1. The second kappa shape index (κ2) is 6.95. The van der Waals surface area contributed by atoms with Crippen molar-refractivity contribution in [3.63, 3.8) is 0 Å². The van der Waals surface area contributed by atoms with Gasteiger partial charge in [0.25, 0.3) is 5.91 Å². The van der Waals surface area contributed by atoms with Gasteiger partial charge in [0.2, 0.25) is 0 Å². The maximum Gasteiger partial charge on any atom is 0.257 e. The molecule has 0 saturated heterocycles. The highest BCUT2D eigenvalue weighted by atomic mass is 19.1. The van der Waals surface area contributed by atoms with Crippen LogP contribution in [0.1, 0.15) is 28.4 Å². The van der Waals surface area contributed by atoms with Crippen molar-refractivity contribution in [1.82, 2.24) is 5.32 Å². The van der Waals surface area contributed by atoms with Crippen LogP contribution in [-0.2, 0) is 0 Å². The fourth-order valence-corrected chi connectivity index (χ4v) is 1.97. The molecule has 0 saturated carbocycles. The summed E-state index contributed by atoms with van der Waals surface area (Å²) in [6.45, 7) is 0.114. The molecule has 1 amide bonds. The number of aliphatic hydroxyl groups is 1. The molecule has 2 N–H and O–H groups in total. The summed E-state index contributed by atoms with van der Waals surface area (Å²) in [7, 11) is 0. The third-order valence-electron chi connectivity index (χ3n) is 3.08. The molecule has 21 heavy (non-hydrogen) atoms. The Hall–Kier alpha value is -2.27. The number of aliphatic hydroxyl groups excluding tert-OH is 1. The van der Waals surface area contributed by atoms with E-state index in [0.29, 0.717) is 0 Å². The minimum Gasteiger partial charge on any atom is -0.388 e. The molecule has 0 aromatic heterocycles. The predicted molar refractivity (Wildman–Crippen MR) is 74.7 cm³/mol. The van der Waals surface area contributed by atoms with Gasteiger partial charge in [-0.15, -0.1) is 0 Å². The van der Waals surface area contributed by atoms with Crippen molar-refractivity contribution >= 4 is 5.91 Å². The first kappa shape index (κ1) is 15.1. The van der Waals surface area contributed by atoms with Crippen LogP contribution in [0.25, 0.3) is 0 Å². The van der Waals surface area contributed by atoms with E-state index in [1.54, 1.807) is 24.3 Å². The predicted octanol–water partition coefficient (Wildman–Crippen LogP) is 2.82. The largest absolute Gasteiger partial charge is 0.388 e. The first-order valence-corrected chi connectivity index (χ1v) is 6.55. The van der Waals surface area contributed by atoms with Crippen LogP contribution in [0.3, 0.4) is 0 Å². The van der Waals surface area contributed by atoms with Crippen molar-refractivity contribution < 1.29 is 18.7 Å². The molecule has 0 aliphatic rings. The molecule has 0 spiro atoms. The van der Waals surface area contributed by atoms with Crippen LogP contribution in [0.5, 0.6) is 0 Å². The molecule has 110 valence electrons. The molecule has 0 bridgehead atoms. The molecule has 2 aromatic rings. The second-order valence-electron chi connectivity index (χ2n) is 4.57. The van der Waals surface area contributed by atoms with Crippen molar-refractivity contribution in [1.29, 1.82) is 0 Å². The quantitative estimate of drug-likeness (QED) is 0.890. The fraction of sp³-hybridized carbons (Fsp3) is 0.188. The lowest BCUT2D eigenvalue weighted by Gasteiger charge is -2.12. The molecule has 1 atom stereocenters. The summed E-state index contributed by atoms with van der Waals surface area (Å²) < 4.78 is 26.8. The van der Waals surface area contributed by atoms with Crippen LogP contribution in [0.2, 0.25) is 0 Å². The van der Waals surface area contributed by atoms with E-state index in [1.165, 1.54) is 6.07 Å². The number of carbonyl (C=O) groups is 1. The van der Waals surface area contributed by atoms with Gasteiger partial charge in [0, 0.05) is 6.54 Å². The van der Waals surface area contributed by atoms with Crippen LogP contribution >= 0.6 is 0 Å². The normalized spacial score (nSPS) is 12.0. The average Bonchev–Trinajstić information content (AvgIpc) is 2.48. The molecule has 0 radical (unpaired) electrons. The third kappa shape index (κ3) is 3.86. The summed E-state index contributed by atoms with van der Waals surface area (Å²) in [5.74, 6) is -2.64. The smallest absolute Gasteiger partial charge is 0.257 e. The molecule has 3 nitrogen and oxygen atoms in total. The van der Waals surface area contributed by atoms with Gasteiger partial charge in [0.15, 0.2) is 0 Å². The summed E-state index contributed by atoms with van der Waals surface area (Å²) in [5, 5.41) is 12.3. The van der Waals surface area contributed by atoms with E-state index in [2.05, 4.69) is 5.32 Å². The zero-order valence-electron chi connectivity index (χ0n) is 11.2.